The van der Waals surface area contributed by atoms with Gasteiger partial charge in [-0.3, -0.25) is 0 Å². The molecule has 2 nitrogen and oxygen atoms in total. The Kier molecular flexibility index (Phi) is 5.41. The highest BCUT2D eigenvalue weighted by Gasteiger charge is 2.28. The zero-order valence-electron chi connectivity index (χ0n) is 11.7. The molecule has 2 heteroatoms. The van der Waals surface area contributed by atoms with Gasteiger partial charge in [0.25, 0.3) is 0 Å². The zero-order valence-corrected chi connectivity index (χ0v) is 11.7. The second kappa shape index (κ2) is 7.06. The van der Waals surface area contributed by atoms with Crippen molar-refractivity contribution in [3.63, 3.8) is 0 Å². The van der Waals surface area contributed by atoms with Crippen molar-refractivity contribution in [3.8, 4) is 0 Å². The minimum absolute atomic E-state index is 0.359. The molecule has 1 unspecified atom stereocenters. The van der Waals surface area contributed by atoms with Gasteiger partial charge >= 0.3 is 0 Å². The van der Waals surface area contributed by atoms with Crippen LogP contribution in [0.25, 0.3) is 0 Å². The van der Waals surface area contributed by atoms with Crippen molar-refractivity contribution in [1.29, 1.82) is 0 Å². The first-order valence-electron chi connectivity index (χ1n) is 7.65. The summed E-state index contributed by atoms with van der Waals surface area (Å²) >= 11 is 0. The molecule has 1 aromatic carbocycles. The minimum atomic E-state index is -0.407. The fraction of sp³-hybridized carbons (Fsp3) is 0.647. The van der Waals surface area contributed by atoms with Gasteiger partial charge in [-0.1, -0.05) is 62.4 Å². The molecule has 106 valence electrons. The van der Waals surface area contributed by atoms with Gasteiger partial charge in [0.15, 0.2) is 0 Å². The van der Waals surface area contributed by atoms with Gasteiger partial charge in [0.1, 0.15) is 0 Å². The molecular weight excluding hydrogens is 236 g/mol. The molecule has 1 aliphatic rings. The van der Waals surface area contributed by atoms with E-state index in [4.69, 9.17) is 0 Å². The monoisotopic (exact) mass is 262 g/mol. The molecule has 1 atom stereocenters. The molecular formula is C17H26O2. The predicted octanol–water partition coefficient (Wildman–Crippen LogP) is 3.98. The highest BCUT2D eigenvalue weighted by Crippen LogP contribution is 2.32. The van der Waals surface area contributed by atoms with E-state index in [2.05, 4.69) is 0 Å². The quantitative estimate of drug-likeness (QED) is 0.761. The Hall–Kier alpha value is -0.860. The van der Waals surface area contributed by atoms with Crippen molar-refractivity contribution in [2.45, 2.75) is 69.5 Å². The van der Waals surface area contributed by atoms with Crippen LogP contribution < -0.4 is 0 Å². The lowest BCUT2D eigenvalue weighted by Crippen LogP contribution is -2.31. The van der Waals surface area contributed by atoms with E-state index < -0.39 is 5.60 Å². The first-order valence-corrected chi connectivity index (χ1v) is 7.65. The number of unbranched alkanes of at least 4 members (excludes halogenated alkanes) is 1. The number of hydrogen-bond donors (Lipinski definition) is 2. The Morgan fingerprint density at radius 1 is 1.00 bits per heavy atom. The van der Waals surface area contributed by atoms with Gasteiger partial charge in [-0.15, -0.1) is 0 Å². The summed E-state index contributed by atoms with van der Waals surface area (Å²) in [5.74, 6) is 0. The summed E-state index contributed by atoms with van der Waals surface area (Å²) in [6, 6.07) is 9.83. The smallest absolute Gasteiger partial charge is 0.0790 e. The molecule has 0 bridgehead atoms. The van der Waals surface area contributed by atoms with Gasteiger partial charge in [-0.2, -0.15) is 0 Å². The summed E-state index contributed by atoms with van der Waals surface area (Å²) in [5.41, 5.74) is 0.592. The lowest BCUT2D eigenvalue weighted by molar-refractivity contribution is -0.00657. The van der Waals surface area contributed by atoms with E-state index in [-0.39, 0.29) is 6.10 Å². The van der Waals surface area contributed by atoms with Crippen LogP contribution in [0.1, 0.15) is 69.5 Å². The van der Waals surface area contributed by atoms with Crippen LogP contribution in [-0.2, 0) is 0 Å². The van der Waals surface area contributed by atoms with Crippen LogP contribution in [0.4, 0.5) is 0 Å². The number of aliphatic hydroxyl groups is 2. The molecule has 1 saturated carbocycles. The van der Waals surface area contributed by atoms with Crippen LogP contribution in [0.2, 0.25) is 0 Å². The minimum Gasteiger partial charge on any atom is -0.390 e. The van der Waals surface area contributed by atoms with E-state index in [0.717, 1.165) is 44.1 Å². The summed E-state index contributed by atoms with van der Waals surface area (Å²) in [4.78, 5) is 0. The fourth-order valence-electron chi connectivity index (χ4n) is 3.09. The average Bonchev–Trinajstić information content (AvgIpc) is 2.45. The average molecular weight is 262 g/mol. The molecule has 1 aromatic rings. The van der Waals surface area contributed by atoms with Gasteiger partial charge in [0.05, 0.1) is 11.7 Å². The molecule has 2 rings (SSSR count). The van der Waals surface area contributed by atoms with Crippen molar-refractivity contribution >= 4 is 0 Å². The van der Waals surface area contributed by atoms with Gasteiger partial charge < -0.3 is 10.2 Å². The first kappa shape index (κ1) is 14.5. The molecule has 1 aliphatic carbocycles. The SMILES string of the molecule is OC(CCCCC1(O)CCCCC1)c1ccccc1. The number of rotatable bonds is 6. The lowest BCUT2D eigenvalue weighted by atomic mass is 9.81. The summed E-state index contributed by atoms with van der Waals surface area (Å²) < 4.78 is 0. The maximum absolute atomic E-state index is 10.4. The Morgan fingerprint density at radius 2 is 1.68 bits per heavy atom. The highest BCUT2D eigenvalue weighted by atomic mass is 16.3. The van der Waals surface area contributed by atoms with Crippen LogP contribution in [-0.4, -0.2) is 15.8 Å². The van der Waals surface area contributed by atoms with E-state index in [1.165, 1.54) is 19.3 Å². The van der Waals surface area contributed by atoms with Crippen molar-refractivity contribution < 1.29 is 10.2 Å². The maximum atomic E-state index is 10.4. The standard InChI is InChI=1S/C17H26O2/c18-16(15-9-3-1-4-10-15)11-5-8-14-17(19)12-6-2-7-13-17/h1,3-4,9-10,16,18-19H,2,5-8,11-14H2. The molecule has 0 amide bonds. The van der Waals surface area contributed by atoms with Crippen LogP contribution in [0, 0.1) is 0 Å². The van der Waals surface area contributed by atoms with Crippen molar-refractivity contribution in [1.82, 2.24) is 0 Å². The van der Waals surface area contributed by atoms with Crippen LogP contribution in [0.15, 0.2) is 30.3 Å². The molecule has 0 spiro atoms. The van der Waals surface area contributed by atoms with Crippen molar-refractivity contribution in [2.75, 3.05) is 0 Å². The van der Waals surface area contributed by atoms with Crippen molar-refractivity contribution in [3.05, 3.63) is 35.9 Å². The summed E-state index contributed by atoms with van der Waals surface area (Å²) in [5, 5.41) is 20.5. The Labute approximate surface area is 116 Å². The van der Waals surface area contributed by atoms with Gasteiger partial charge in [-0.05, 0) is 31.2 Å². The highest BCUT2D eigenvalue weighted by molar-refractivity contribution is 5.16. The maximum Gasteiger partial charge on any atom is 0.0790 e. The number of hydrogen-bond acceptors (Lipinski definition) is 2. The molecule has 0 aliphatic heterocycles. The third-order valence-electron chi connectivity index (χ3n) is 4.34. The molecule has 19 heavy (non-hydrogen) atoms. The Balaban J connectivity index is 1.66. The summed E-state index contributed by atoms with van der Waals surface area (Å²) in [6.07, 6.45) is 8.87. The number of benzene rings is 1. The van der Waals surface area contributed by atoms with Gasteiger partial charge in [0, 0.05) is 0 Å². The largest absolute Gasteiger partial charge is 0.390 e. The normalized spacial score (nSPS) is 20.1. The van der Waals surface area contributed by atoms with Crippen molar-refractivity contribution in [2.24, 2.45) is 0 Å². The van der Waals surface area contributed by atoms with E-state index in [1.807, 2.05) is 30.3 Å². The second-order valence-electron chi connectivity index (χ2n) is 5.96. The molecule has 1 fully saturated rings. The van der Waals surface area contributed by atoms with Crippen LogP contribution >= 0.6 is 0 Å². The molecule has 0 radical (unpaired) electrons. The predicted molar refractivity (Wildman–Crippen MR) is 77.9 cm³/mol. The summed E-state index contributed by atoms with van der Waals surface area (Å²) in [7, 11) is 0. The number of aliphatic hydroxyl groups excluding tert-OH is 1. The Bertz CT molecular complexity index is 355. The van der Waals surface area contributed by atoms with Gasteiger partial charge in [0.2, 0.25) is 0 Å². The van der Waals surface area contributed by atoms with E-state index in [0.29, 0.717) is 0 Å². The first-order chi connectivity index (χ1) is 9.20. The molecule has 0 heterocycles. The topological polar surface area (TPSA) is 40.5 Å². The Morgan fingerprint density at radius 3 is 2.37 bits per heavy atom. The molecule has 0 aromatic heterocycles. The van der Waals surface area contributed by atoms with E-state index in [9.17, 15) is 10.2 Å². The fourth-order valence-corrected chi connectivity index (χ4v) is 3.09. The third kappa shape index (κ3) is 4.63. The molecule has 2 N–H and O–H groups in total. The zero-order chi connectivity index (χ0) is 13.6. The van der Waals surface area contributed by atoms with Gasteiger partial charge in [-0.25, -0.2) is 0 Å². The van der Waals surface area contributed by atoms with E-state index >= 15 is 0 Å². The van der Waals surface area contributed by atoms with Crippen LogP contribution in [0.5, 0.6) is 0 Å². The lowest BCUT2D eigenvalue weighted by Gasteiger charge is -2.32. The second-order valence-corrected chi connectivity index (χ2v) is 5.96. The summed E-state index contributed by atoms with van der Waals surface area (Å²) in [6.45, 7) is 0. The molecule has 0 saturated heterocycles. The van der Waals surface area contributed by atoms with E-state index in [1.54, 1.807) is 0 Å². The third-order valence-corrected chi connectivity index (χ3v) is 4.34. The van der Waals surface area contributed by atoms with Crippen LogP contribution in [0.3, 0.4) is 0 Å².